The highest BCUT2D eigenvalue weighted by molar-refractivity contribution is 5.46. The van der Waals surface area contributed by atoms with E-state index in [-0.39, 0.29) is 0 Å². The fourth-order valence-electron chi connectivity index (χ4n) is 3.95. The average molecular weight is 368 g/mol. The fraction of sp³-hybridized carbons (Fsp3) is 0.500. The number of rotatable bonds is 10. The van der Waals surface area contributed by atoms with E-state index >= 15 is 0 Å². The largest absolute Gasteiger partial charge is 0.375 e. The quantitative estimate of drug-likeness (QED) is 0.693. The van der Waals surface area contributed by atoms with E-state index in [0.717, 1.165) is 26.3 Å². The number of quaternary nitrogens is 1. The minimum absolute atomic E-state index is 0.523. The van der Waals surface area contributed by atoms with Gasteiger partial charge in [0.15, 0.2) is 0 Å². The van der Waals surface area contributed by atoms with Crippen molar-refractivity contribution in [3.63, 3.8) is 0 Å². The third-order valence-corrected chi connectivity index (χ3v) is 5.37. The van der Waals surface area contributed by atoms with Gasteiger partial charge in [-0.3, -0.25) is 0 Å². The molecular formula is C24H35N2O+. The lowest BCUT2D eigenvalue weighted by Crippen LogP contribution is -3.15. The minimum atomic E-state index is 0.523. The Balaban J connectivity index is 1.74. The molecule has 1 atom stereocenters. The zero-order chi connectivity index (χ0) is 18.9. The van der Waals surface area contributed by atoms with E-state index in [1.165, 1.54) is 37.2 Å². The summed E-state index contributed by atoms with van der Waals surface area (Å²) in [5.74, 6) is 0.591. The summed E-state index contributed by atoms with van der Waals surface area (Å²) in [6.07, 6.45) is 2.69. The summed E-state index contributed by atoms with van der Waals surface area (Å²) in [7, 11) is 0. The summed E-state index contributed by atoms with van der Waals surface area (Å²) >= 11 is 0. The van der Waals surface area contributed by atoms with Gasteiger partial charge in [0.25, 0.3) is 0 Å². The Morgan fingerprint density at radius 1 is 0.889 bits per heavy atom. The normalized spacial score (nSPS) is 16.0. The van der Waals surface area contributed by atoms with Crippen molar-refractivity contribution < 1.29 is 9.64 Å². The number of likely N-dealkylation sites (tertiary alicyclic amines) is 1. The molecule has 0 radical (unpaired) electrons. The van der Waals surface area contributed by atoms with Crippen LogP contribution in [0.25, 0.3) is 0 Å². The molecule has 1 unspecified atom stereocenters. The molecule has 3 nitrogen and oxygen atoms in total. The molecule has 1 heterocycles. The van der Waals surface area contributed by atoms with Crippen molar-refractivity contribution in [3.8, 4) is 0 Å². The Morgan fingerprint density at radius 2 is 1.52 bits per heavy atom. The molecule has 1 fully saturated rings. The Labute approximate surface area is 164 Å². The predicted molar refractivity (Wildman–Crippen MR) is 113 cm³/mol. The predicted octanol–water partition coefficient (Wildman–Crippen LogP) is 3.41. The first-order valence-electron chi connectivity index (χ1n) is 10.5. The van der Waals surface area contributed by atoms with E-state index in [0.29, 0.717) is 12.0 Å². The zero-order valence-electron chi connectivity index (χ0n) is 16.9. The van der Waals surface area contributed by atoms with Crippen LogP contribution in [0.2, 0.25) is 0 Å². The first kappa shape index (κ1) is 19.9. The molecule has 1 aliphatic heterocycles. The number of hydrogen-bond acceptors (Lipinski definition) is 2. The highest BCUT2D eigenvalue weighted by atomic mass is 16.5. The number of benzene rings is 2. The van der Waals surface area contributed by atoms with Crippen LogP contribution >= 0.6 is 0 Å². The summed E-state index contributed by atoms with van der Waals surface area (Å²) in [6.45, 7) is 10.7. The van der Waals surface area contributed by atoms with Crippen LogP contribution in [-0.4, -0.2) is 38.9 Å². The number of anilines is 1. The van der Waals surface area contributed by atoms with Crippen molar-refractivity contribution >= 4 is 5.69 Å². The maximum atomic E-state index is 6.11. The summed E-state index contributed by atoms with van der Waals surface area (Å²) in [4.78, 5) is 4.25. The molecule has 2 aromatic carbocycles. The van der Waals surface area contributed by atoms with Gasteiger partial charge < -0.3 is 14.5 Å². The average Bonchev–Trinajstić information content (AvgIpc) is 3.22. The first-order chi connectivity index (χ1) is 13.2. The van der Waals surface area contributed by atoms with Gasteiger partial charge in [0.1, 0.15) is 12.6 Å². The Kier molecular flexibility index (Phi) is 7.73. The van der Waals surface area contributed by atoms with Crippen LogP contribution in [0.15, 0.2) is 60.7 Å². The highest BCUT2D eigenvalue weighted by Crippen LogP contribution is 2.17. The van der Waals surface area contributed by atoms with Gasteiger partial charge in [0.05, 0.1) is 19.6 Å². The summed E-state index contributed by atoms with van der Waals surface area (Å²) in [6, 6.07) is 22.2. The molecule has 3 heteroatoms. The fourth-order valence-corrected chi connectivity index (χ4v) is 3.95. The van der Waals surface area contributed by atoms with Crippen molar-refractivity contribution in [2.24, 2.45) is 5.92 Å². The van der Waals surface area contributed by atoms with Crippen LogP contribution < -0.4 is 9.80 Å². The first-order valence-corrected chi connectivity index (χ1v) is 10.5. The van der Waals surface area contributed by atoms with Crippen molar-refractivity contribution in [1.29, 1.82) is 0 Å². The van der Waals surface area contributed by atoms with E-state index in [1.54, 1.807) is 4.90 Å². The molecule has 1 aliphatic rings. The molecular weight excluding hydrogens is 332 g/mol. The van der Waals surface area contributed by atoms with Crippen molar-refractivity contribution in [2.75, 3.05) is 37.7 Å². The standard InChI is InChI=1S/C24H34N2O/c1-21(2)19-27-20-24(25-15-9-10-16-25)18-26(23-13-7-4-8-14-23)17-22-11-5-3-6-12-22/h3-8,11-14,21,24H,9-10,15-20H2,1-2H3/p+1. The Bertz CT molecular complexity index is 638. The number of nitrogens with one attached hydrogen (secondary N) is 1. The van der Waals surface area contributed by atoms with Crippen LogP contribution in [0, 0.1) is 5.92 Å². The van der Waals surface area contributed by atoms with Gasteiger partial charge >= 0.3 is 0 Å². The molecule has 0 aromatic heterocycles. The molecule has 3 rings (SSSR count). The molecule has 146 valence electrons. The second-order valence-electron chi connectivity index (χ2n) is 8.20. The van der Waals surface area contributed by atoms with Crippen molar-refractivity contribution in [3.05, 3.63) is 66.2 Å². The van der Waals surface area contributed by atoms with Crippen LogP contribution in [0.3, 0.4) is 0 Å². The number of hydrogen-bond donors (Lipinski definition) is 1. The zero-order valence-corrected chi connectivity index (χ0v) is 16.9. The number of nitrogens with zero attached hydrogens (tertiary/aromatic N) is 1. The lowest BCUT2D eigenvalue weighted by molar-refractivity contribution is -0.912. The van der Waals surface area contributed by atoms with Crippen LogP contribution in [0.5, 0.6) is 0 Å². The molecule has 1 saturated heterocycles. The molecule has 27 heavy (non-hydrogen) atoms. The molecule has 2 aromatic rings. The highest BCUT2D eigenvalue weighted by Gasteiger charge is 2.28. The molecule has 0 amide bonds. The van der Waals surface area contributed by atoms with Crippen molar-refractivity contribution in [1.82, 2.24) is 0 Å². The minimum Gasteiger partial charge on any atom is -0.375 e. The third-order valence-electron chi connectivity index (χ3n) is 5.37. The van der Waals surface area contributed by atoms with Gasteiger partial charge in [-0.2, -0.15) is 0 Å². The Morgan fingerprint density at radius 3 is 2.15 bits per heavy atom. The van der Waals surface area contributed by atoms with Gasteiger partial charge in [-0.1, -0.05) is 62.4 Å². The van der Waals surface area contributed by atoms with E-state index in [2.05, 4.69) is 79.4 Å². The number of ether oxygens (including phenoxy) is 1. The molecule has 0 aliphatic carbocycles. The van der Waals surface area contributed by atoms with Gasteiger partial charge in [-0.05, 0) is 23.6 Å². The van der Waals surface area contributed by atoms with Gasteiger partial charge in [-0.25, -0.2) is 0 Å². The number of para-hydroxylation sites is 1. The lowest BCUT2D eigenvalue weighted by Gasteiger charge is -2.32. The topological polar surface area (TPSA) is 16.9 Å². The van der Waals surface area contributed by atoms with Crippen LogP contribution in [-0.2, 0) is 11.3 Å². The van der Waals surface area contributed by atoms with E-state index in [1.807, 2.05) is 0 Å². The smallest absolute Gasteiger partial charge is 0.129 e. The van der Waals surface area contributed by atoms with E-state index in [9.17, 15) is 0 Å². The molecule has 1 N–H and O–H groups in total. The van der Waals surface area contributed by atoms with Gasteiger partial charge in [-0.15, -0.1) is 0 Å². The SMILES string of the molecule is CC(C)COCC(CN(Cc1ccccc1)c1ccccc1)[NH+]1CCCC1. The van der Waals surface area contributed by atoms with Gasteiger partial charge in [0.2, 0.25) is 0 Å². The molecule has 0 saturated carbocycles. The van der Waals surface area contributed by atoms with Crippen molar-refractivity contribution in [2.45, 2.75) is 39.3 Å². The van der Waals surface area contributed by atoms with Crippen LogP contribution in [0.4, 0.5) is 5.69 Å². The third kappa shape index (κ3) is 6.37. The van der Waals surface area contributed by atoms with E-state index < -0.39 is 0 Å². The molecule has 0 spiro atoms. The maximum absolute atomic E-state index is 6.11. The summed E-state index contributed by atoms with van der Waals surface area (Å²) in [5.41, 5.74) is 2.66. The van der Waals surface area contributed by atoms with E-state index in [4.69, 9.17) is 4.74 Å². The monoisotopic (exact) mass is 367 g/mol. The Hall–Kier alpha value is -1.84. The maximum Gasteiger partial charge on any atom is 0.129 e. The lowest BCUT2D eigenvalue weighted by atomic mass is 10.1. The van der Waals surface area contributed by atoms with Crippen LogP contribution in [0.1, 0.15) is 32.3 Å². The molecule has 0 bridgehead atoms. The second kappa shape index (κ2) is 10.5. The summed E-state index contributed by atoms with van der Waals surface area (Å²) in [5, 5.41) is 0. The van der Waals surface area contributed by atoms with Gasteiger partial charge in [0, 0.05) is 31.7 Å². The second-order valence-corrected chi connectivity index (χ2v) is 8.20. The summed E-state index contributed by atoms with van der Waals surface area (Å²) < 4.78 is 6.11.